The first-order valence-corrected chi connectivity index (χ1v) is 10.0. The molecular formula is C16H23NO4S. The van der Waals surface area contributed by atoms with Crippen molar-refractivity contribution in [2.45, 2.75) is 50.4 Å². The molecule has 4 fully saturated rings. The molecule has 4 aliphatic carbocycles. The molecule has 0 aliphatic heterocycles. The van der Waals surface area contributed by atoms with Gasteiger partial charge in [0.05, 0.1) is 17.0 Å². The van der Waals surface area contributed by atoms with Crippen LogP contribution in [0.2, 0.25) is 0 Å². The molecule has 6 heteroatoms. The molecule has 0 unspecified atom stereocenters. The second-order valence-electron chi connectivity index (χ2n) is 7.76. The van der Waals surface area contributed by atoms with Crippen molar-refractivity contribution in [2.24, 2.45) is 23.7 Å². The van der Waals surface area contributed by atoms with Gasteiger partial charge in [0.25, 0.3) is 0 Å². The molecule has 1 aromatic heterocycles. The number of rotatable bonds is 4. The fraction of sp³-hybridized carbons (Fsp3) is 0.812. The number of aromatic nitrogens is 1. The van der Waals surface area contributed by atoms with Gasteiger partial charge in [-0.25, -0.2) is 8.42 Å². The van der Waals surface area contributed by atoms with E-state index in [0.717, 1.165) is 25.7 Å². The van der Waals surface area contributed by atoms with Crippen molar-refractivity contribution in [1.29, 1.82) is 0 Å². The third kappa shape index (κ3) is 2.40. The Labute approximate surface area is 131 Å². The van der Waals surface area contributed by atoms with Gasteiger partial charge in [-0.2, -0.15) is 0 Å². The lowest BCUT2D eigenvalue weighted by atomic mass is 9.50. The Morgan fingerprint density at radius 1 is 1.23 bits per heavy atom. The predicted octanol–water partition coefficient (Wildman–Crippen LogP) is 2.09. The van der Waals surface area contributed by atoms with E-state index in [9.17, 15) is 13.5 Å². The summed E-state index contributed by atoms with van der Waals surface area (Å²) in [5.41, 5.74) is -0.347. The zero-order chi connectivity index (χ0) is 15.5. The van der Waals surface area contributed by atoms with Crippen LogP contribution >= 0.6 is 0 Å². The van der Waals surface area contributed by atoms with Gasteiger partial charge in [-0.15, -0.1) is 0 Å². The van der Waals surface area contributed by atoms with Crippen LogP contribution in [0.4, 0.5) is 0 Å². The topological polar surface area (TPSA) is 80.4 Å². The van der Waals surface area contributed by atoms with Crippen LogP contribution in [0, 0.1) is 30.6 Å². The van der Waals surface area contributed by atoms with Gasteiger partial charge in [0.2, 0.25) is 0 Å². The number of aliphatic hydroxyl groups is 1. The fourth-order valence-electron chi connectivity index (χ4n) is 5.34. The molecule has 0 spiro atoms. The van der Waals surface area contributed by atoms with Crippen molar-refractivity contribution in [2.75, 3.05) is 5.75 Å². The maximum atomic E-state index is 12.6. The zero-order valence-electron chi connectivity index (χ0n) is 12.9. The summed E-state index contributed by atoms with van der Waals surface area (Å²) >= 11 is 0. The van der Waals surface area contributed by atoms with Crippen molar-refractivity contribution >= 4 is 9.84 Å². The largest absolute Gasteiger partial charge is 0.388 e. The number of sulfone groups is 1. The first kappa shape index (κ1) is 14.7. The SMILES string of the molecule is Cc1cc(CS(=O)(=O)CC2(O)C3CC4CC(C3)CC2C4)on1. The van der Waals surface area contributed by atoms with Crippen molar-refractivity contribution in [3.63, 3.8) is 0 Å². The van der Waals surface area contributed by atoms with Crippen molar-refractivity contribution in [3.8, 4) is 0 Å². The highest BCUT2D eigenvalue weighted by Gasteiger charge is 2.57. The molecule has 0 amide bonds. The van der Waals surface area contributed by atoms with Gasteiger partial charge in [-0.3, -0.25) is 0 Å². The molecule has 0 atom stereocenters. The Kier molecular flexibility index (Phi) is 3.21. The Morgan fingerprint density at radius 2 is 1.82 bits per heavy atom. The van der Waals surface area contributed by atoms with Crippen LogP contribution in [0.3, 0.4) is 0 Å². The van der Waals surface area contributed by atoms with E-state index in [1.165, 1.54) is 6.42 Å². The number of nitrogens with zero attached hydrogens (tertiary/aromatic N) is 1. The highest BCUT2D eigenvalue weighted by molar-refractivity contribution is 7.90. The minimum atomic E-state index is -3.41. The van der Waals surface area contributed by atoms with E-state index in [-0.39, 0.29) is 23.3 Å². The quantitative estimate of drug-likeness (QED) is 0.917. The second-order valence-corrected chi connectivity index (χ2v) is 9.83. The summed E-state index contributed by atoms with van der Waals surface area (Å²) in [5, 5.41) is 14.9. The maximum Gasteiger partial charge on any atom is 0.160 e. The molecule has 1 heterocycles. The average Bonchev–Trinajstić information content (AvgIpc) is 2.79. The van der Waals surface area contributed by atoms with Crippen LogP contribution in [-0.2, 0) is 15.6 Å². The first-order valence-electron chi connectivity index (χ1n) is 8.19. The molecule has 5 rings (SSSR count). The molecule has 4 aliphatic rings. The number of aryl methyl sites for hydroxylation is 1. The lowest BCUT2D eigenvalue weighted by Gasteiger charge is -2.58. The van der Waals surface area contributed by atoms with Gasteiger partial charge in [-0.1, -0.05) is 5.16 Å². The van der Waals surface area contributed by atoms with Crippen LogP contribution in [0.25, 0.3) is 0 Å². The van der Waals surface area contributed by atoms with E-state index in [1.54, 1.807) is 13.0 Å². The van der Waals surface area contributed by atoms with E-state index in [0.29, 0.717) is 23.3 Å². The number of hydrogen-bond donors (Lipinski definition) is 1. The third-order valence-electron chi connectivity index (χ3n) is 6.04. The molecule has 4 saturated carbocycles. The molecule has 0 radical (unpaired) electrons. The van der Waals surface area contributed by atoms with Crippen molar-refractivity contribution in [3.05, 3.63) is 17.5 Å². The normalized spacial score (nSPS) is 40.3. The van der Waals surface area contributed by atoms with Crippen LogP contribution in [0.1, 0.15) is 43.6 Å². The summed E-state index contributed by atoms with van der Waals surface area (Å²) in [6, 6.07) is 1.65. The summed E-state index contributed by atoms with van der Waals surface area (Å²) in [5.74, 6) is 1.82. The lowest BCUT2D eigenvalue weighted by molar-refractivity contribution is -0.158. The van der Waals surface area contributed by atoms with E-state index < -0.39 is 15.4 Å². The Balaban J connectivity index is 1.54. The van der Waals surface area contributed by atoms with Gasteiger partial charge in [0, 0.05) is 6.07 Å². The summed E-state index contributed by atoms with van der Waals surface area (Å²) in [6.07, 6.45) is 5.29. The smallest absolute Gasteiger partial charge is 0.160 e. The molecule has 0 saturated heterocycles. The van der Waals surface area contributed by atoms with Gasteiger partial charge < -0.3 is 9.63 Å². The molecule has 0 aromatic carbocycles. The van der Waals surface area contributed by atoms with Crippen molar-refractivity contribution < 1.29 is 18.0 Å². The van der Waals surface area contributed by atoms with Gasteiger partial charge in [0.1, 0.15) is 5.75 Å². The Morgan fingerprint density at radius 3 is 2.32 bits per heavy atom. The van der Waals surface area contributed by atoms with Crippen LogP contribution in [-0.4, -0.2) is 30.0 Å². The van der Waals surface area contributed by atoms with Crippen LogP contribution in [0.15, 0.2) is 10.6 Å². The van der Waals surface area contributed by atoms with E-state index in [4.69, 9.17) is 4.52 Å². The molecule has 122 valence electrons. The third-order valence-corrected chi connectivity index (χ3v) is 7.67. The summed E-state index contributed by atoms with van der Waals surface area (Å²) in [4.78, 5) is 0. The molecular weight excluding hydrogens is 302 g/mol. The average molecular weight is 325 g/mol. The lowest BCUT2D eigenvalue weighted by Crippen LogP contribution is -2.60. The van der Waals surface area contributed by atoms with E-state index in [1.807, 2.05) is 0 Å². The molecule has 4 bridgehead atoms. The first-order chi connectivity index (χ1) is 10.3. The van der Waals surface area contributed by atoms with Gasteiger partial charge >= 0.3 is 0 Å². The summed E-state index contributed by atoms with van der Waals surface area (Å²) in [6.45, 7) is 1.77. The standard InChI is InChI=1S/C16H23NO4S/c1-10-2-15(21-17-10)8-22(19,20)9-16(18)13-4-11-3-12(6-13)7-14(16)5-11/h2,11-14,18H,3-9H2,1H3. The van der Waals surface area contributed by atoms with Crippen LogP contribution in [0.5, 0.6) is 0 Å². The van der Waals surface area contributed by atoms with E-state index in [2.05, 4.69) is 5.16 Å². The van der Waals surface area contributed by atoms with Gasteiger partial charge in [-0.05, 0) is 62.7 Å². The van der Waals surface area contributed by atoms with Crippen LogP contribution < -0.4 is 0 Å². The minimum Gasteiger partial charge on any atom is -0.388 e. The minimum absolute atomic E-state index is 0.130. The Hall–Kier alpha value is -0.880. The summed E-state index contributed by atoms with van der Waals surface area (Å²) in [7, 11) is -3.41. The van der Waals surface area contributed by atoms with Gasteiger partial charge in [0.15, 0.2) is 15.6 Å². The molecule has 22 heavy (non-hydrogen) atoms. The zero-order valence-corrected chi connectivity index (χ0v) is 13.7. The fourth-order valence-corrected chi connectivity index (χ4v) is 7.19. The summed E-state index contributed by atoms with van der Waals surface area (Å²) < 4.78 is 30.1. The molecule has 1 N–H and O–H groups in total. The van der Waals surface area contributed by atoms with E-state index >= 15 is 0 Å². The number of hydrogen-bond acceptors (Lipinski definition) is 5. The molecule has 1 aromatic rings. The second kappa shape index (κ2) is 4.81. The Bertz CT molecular complexity index is 650. The highest BCUT2D eigenvalue weighted by Crippen LogP contribution is 2.58. The monoisotopic (exact) mass is 325 g/mol. The predicted molar refractivity (Wildman–Crippen MR) is 80.7 cm³/mol. The van der Waals surface area contributed by atoms with Crippen molar-refractivity contribution in [1.82, 2.24) is 5.16 Å². The highest BCUT2D eigenvalue weighted by atomic mass is 32.2. The maximum absolute atomic E-state index is 12.6. The molecule has 5 nitrogen and oxygen atoms in total.